The van der Waals surface area contributed by atoms with E-state index in [1.54, 1.807) is 13.8 Å². The molecular weight excluding hydrogens is 514 g/mol. The van der Waals surface area contributed by atoms with Crippen LogP contribution in [0.4, 0.5) is 0 Å². The van der Waals surface area contributed by atoms with Crippen molar-refractivity contribution in [2.45, 2.75) is 109 Å². The van der Waals surface area contributed by atoms with Gasteiger partial charge in [0.1, 0.15) is 17.4 Å². The largest absolute Gasteiger partial charge is 0.457 e. The van der Waals surface area contributed by atoms with Crippen LogP contribution >= 0.6 is 0 Å². The van der Waals surface area contributed by atoms with Crippen molar-refractivity contribution >= 4 is 22.9 Å². The van der Waals surface area contributed by atoms with Crippen molar-refractivity contribution in [2.75, 3.05) is 6.61 Å². The molecule has 2 aliphatic heterocycles. The second-order valence-corrected chi connectivity index (χ2v) is 11.9. The van der Waals surface area contributed by atoms with Crippen LogP contribution in [0.1, 0.15) is 83.3 Å². The van der Waals surface area contributed by atoms with Gasteiger partial charge in [-0.3, -0.25) is 9.59 Å². The number of carbonyl (C=O) groups excluding carboxylic acids is 2. The van der Waals surface area contributed by atoms with E-state index in [9.17, 15) is 19.8 Å². The lowest BCUT2D eigenvalue weighted by Crippen LogP contribution is -2.54. The molecule has 0 bridgehead atoms. The average Bonchev–Trinajstić information content (AvgIpc) is 3.34. The number of aliphatic hydroxyl groups excluding tert-OH is 2. The van der Waals surface area contributed by atoms with Crippen LogP contribution in [0.3, 0.4) is 0 Å². The van der Waals surface area contributed by atoms with E-state index in [0.717, 1.165) is 12.0 Å². The summed E-state index contributed by atoms with van der Waals surface area (Å²) < 4.78 is 23.7. The van der Waals surface area contributed by atoms with E-state index in [2.05, 4.69) is 4.98 Å². The number of cyclic esters (lactones) is 1. The van der Waals surface area contributed by atoms with Gasteiger partial charge >= 0.3 is 5.97 Å². The zero-order valence-electron chi connectivity index (χ0n) is 23.8. The van der Waals surface area contributed by atoms with Crippen LogP contribution in [-0.4, -0.2) is 63.6 Å². The van der Waals surface area contributed by atoms with Crippen molar-refractivity contribution < 1.29 is 38.4 Å². The fourth-order valence-corrected chi connectivity index (χ4v) is 6.30. The highest BCUT2D eigenvalue weighted by Gasteiger charge is 2.55. The summed E-state index contributed by atoms with van der Waals surface area (Å²) in [6.45, 7) is 7.76. The molecule has 2 aromatic rings. The molecule has 1 aliphatic carbocycles. The molecule has 3 fully saturated rings. The van der Waals surface area contributed by atoms with Crippen molar-refractivity contribution in [1.82, 2.24) is 4.98 Å². The van der Waals surface area contributed by atoms with E-state index in [0.29, 0.717) is 55.7 Å². The summed E-state index contributed by atoms with van der Waals surface area (Å²) in [4.78, 5) is 31.7. The lowest BCUT2D eigenvalue weighted by atomic mass is 9.58. The Kier molecular flexibility index (Phi) is 8.21. The normalized spacial score (nSPS) is 35.5. The van der Waals surface area contributed by atoms with Crippen molar-refractivity contribution in [3.63, 3.8) is 0 Å². The number of aromatic nitrogens is 1. The number of aryl methyl sites for hydroxylation is 1. The molecule has 3 heterocycles. The Bertz CT molecular complexity index is 1270. The molecule has 218 valence electrons. The summed E-state index contributed by atoms with van der Waals surface area (Å²) >= 11 is 0. The van der Waals surface area contributed by atoms with Gasteiger partial charge in [0.25, 0.3) is 0 Å². The summed E-state index contributed by atoms with van der Waals surface area (Å²) in [5.41, 5.74) is 0.529. The number of hydrogen-bond donors (Lipinski definition) is 2. The summed E-state index contributed by atoms with van der Waals surface area (Å²) in [7, 11) is 0. The summed E-state index contributed by atoms with van der Waals surface area (Å²) in [5, 5.41) is 22.5. The van der Waals surface area contributed by atoms with E-state index in [4.69, 9.17) is 18.6 Å². The lowest BCUT2D eigenvalue weighted by Gasteiger charge is -2.46. The van der Waals surface area contributed by atoms with Crippen molar-refractivity contribution in [1.29, 1.82) is 0 Å². The SMILES string of the molecule is CC=CC[C@H]1C(=O)C2(CCC2)[C@@H](O)CC(=O)O[C@H](c2ccc3oc(C)nc3c2)C[C@@H]2O[C@]2(C)CCO[C@H](C)[C@H]1O. The number of ketones is 1. The molecule has 1 spiro atoms. The first-order chi connectivity index (χ1) is 19.1. The van der Waals surface area contributed by atoms with Gasteiger partial charge in [0.2, 0.25) is 0 Å². The maximum absolute atomic E-state index is 13.9. The lowest BCUT2D eigenvalue weighted by molar-refractivity contribution is -0.164. The molecule has 9 nitrogen and oxygen atoms in total. The third-order valence-electron chi connectivity index (χ3n) is 9.20. The Labute approximate surface area is 234 Å². The van der Waals surface area contributed by atoms with Gasteiger partial charge in [0.05, 0.1) is 47.8 Å². The van der Waals surface area contributed by atoms with Gasteiger partial charge in [-0.1, -0.05) is 24.6 Å². The zero-order valence-corrected chi connectivity index (χ0v) is 23.8. The smallest absolute Gasteiger partial charge is 0.309 e. The number of hydrogen-bond acceptors (Lipinski definition) is 9. The number of ether oxygens (including phenoxy) is 3. The maximum atomic E-state index is 13.9. The second kappa shape index (κ2) is 11.4. The van der Waals surface area contributed by atoms with Crippen LogP contribution in [0.15, 0.2) is 34.8 Å². The number of allylic oxidation sites excluding steroid dienone is 2. The van der Waals surface area contributed by atoms with Crippen LogP contribution in [0.5, 0.6) is 0 Å². The molecule has 2 saturated heterocycles. The zero-order chi connectivity index (χ0) is 28.7. The molecule has 3 aliphatic rings. The van der Waals surface area contributed by atoms with Gasteiger partial charge in [-0.2, -0.15) is 0 Å². The molecular formula is C31H41NO8. The molecule has 0 unspecified atom stereocenters. The van der Waals surface area contributed by atoms with Crippen molar-refractivity contribution in [3.8, 4) is 0 Å². The maximum Gasteiger partial charge on any atom is 0.309 e. The molecule has 9 heteroatoms. The van der Waals surface area contributed by atoms with Crippen molar-refractivity contribution in [2.24, 2.45) is 11.3 Å². The molecule has 1 saturated carbocycles. The van der Waals surface area contributed by atoms with Gasteiger partial charge in [0, 0.05) is 26.4 Å². The number of esters is 1. The van der Waals surface area contributed by atoms with Crippen molar-refractivity contribution in [3.05, 3.63) is 41.8 Å². The molecule has 40 heavy (non-hydrogen) atoms. The van der Waals surface area contributed by atoms with Crippen LogP contribution in [0, 0.1) is 18.3 Å². The Hall–Kier alpha value is -2.59. The fraction of sp³-hybridized carbons (Fsp3) is 0.645. The number of aliphatic hydroxyl groups is 2. The topological polar surface area (TPSA) is 132 Å². The van der Waals surface area contributed by atoms with E-state index in [1.165, 1.54) is 0 Å². The van der Waals surface area contributed by atoms with E-state index < -0.39 is 47.3 Å². The minimum absolute atomic E-state index is 0.163. The Balaban J connectivity index is 1.44. The fourth-order valence-electron chi connectivity index (χ4n) is 6.30. The number of benzene rings is 1. The van der Waals surface area contributed by atoms with Gasteiger partial charge in [-0.15, -0.1) is 0 Å². The second-order valence-electron chi connectivity index (χ2n) is 11.9. The molecule has 0 amide bonds. The standard InChI is InChI=1S/C31H41NO8/c1-5-6-8-21-28(35)18(2)37-14-13-30(4)26(40-30)16-24(20-9-10-23-22(15-20)32-19(3)38-23)39-27(34)17-25(33)31(29(21)36)11-7-12-31/h5-6,9-10,15,18,21,24-26,28,33,35H,7-8,11-14,16-17H2,1-4H3/t18-,21-,24+,25+,26+,28-,30-/m1/s1. The quantitative estimate of drug-likeness (QED) is 0.319. The number of oxazole rings is 1. The summed E-state index contributed by atoms with van der Waals surface area (Å²) in [6, 6.07) is 5.52. The van der Waals surface area contributed by atoms with Crippen LogP contribution in [0.25, 0.3) is 11.1 Å². The monoisotopic (exact) mass is 555 g/mol. The Morgan fingerprint density at radius 2 is 1.95 bits per heavy atom. The molecule has 1 aromatic carbocycles. The van der Waals surface area contributed by atoms with Crippen LogP contribution in [0.2, 0.25) is 0 Å². The number of carbonyl (C=O) groups is 2. The molecule has 2 N–H and O–H groups in total. The van der Waals surface area contributed by atoms with Gasteiger partial charge < -0.3 is 28.8 Å². The Morgan fingerprint density at radius 3 is 2.65 bits per heavy atom. The summed E-state index contributed by atoms with van der Waals surface area (Å²) in [6.07, 6.45) is 2.80. The highest BCUT2D eigenvalue weighted by molar-refractivity contribution is 5.90. The third-order valence-corrected chi connectivity index (χ3v) is 9.20. The first-order valence-corrected chi connectivity index (χ1v) is 14.4. The third kappa shape index (κ3) is 5.62. The highest BCUT2D eigenvalue weighted by atomic mass is 16.6. The molecule has 7 atom stereocenters. The number of rotatable bonds is 3. The van der Waals surface area contributed by atoms with Gasteiger partial charge in [0.15, 0.2) is 11.5 Å². The molecule has 0 radical (unpaired) electrons. The molecule has 1 aromatic heterocycles. The minimum Gasteiger partial charge on any atom is -0.457 e. The van der Waals surface area contributed by atoms with Crippen LogP contribution in [-0.2, 0) is 23.8 Å². The number of fused-ring (bicyclic) bond motifs is 2. The highest BCUT2D eigenvalue weighted by Crippen LogP contribution is 2.49. The first-order valence-electron chi connectivity index (χ1n) is 14.4. The van der Waals surface area contributed by atoms with E-state index in [-0.39, 0.29) is 18.3 Å². The predicted octanol–water partition coefficient (Wildman–Crippen LogP) is 4.51. The predicted molar refractivity (Wildman–Crippen MR) is 146 cm³/mol. The minimum atomic E-state index is -1.21. The Morgan fingerprint density at radius 1 is 1.18 bits per heavy atom. The van der Waals surface area contributed by atoms with Gasteiger partial charge in [-0.05, 0) is 57.7 Å². The first kappa shape index (κ1) is 28.9. The number of nitrogens with zero attached hydrogens (tertiary/aromatic N) is 1. The van der Waals surface area contributed by atoms with E-state index >= 15 is 0 Å². The number of Topliss-reactive ketones (excluding diaryl/α,β-unsaturated/α-hetero) is 1. The number of epoxide rings is 1. The molecule has 5 rings (SSSR count). The average molecular weight is 556 g/mol. The van der Waals surface area contributed by atoms with Crippen LogP contribution < -0.4 is 0 Å². The van der Waals surface area contributed by atoms with Gasteiger partial charge in [-0.25, -0.2) is 4.98 Å². The van der Waals surface area contributed by atoms with E-state index in [1.807, 2.05) is 44.2 Å². The summed E-state index contributed by atoms with van der Waals surface area (Å²) in [5.74, 6) is -1.00.